The van der Waals surface area contributed by atoms with Crippen LogP contribution in [0, 0.1) is 18.8 Å². The van der Waals surface area contributed by atoms with Crippen LogP contribution >= 0.6 is 34.5 Å². The minimum absolute atomic E-state index is 0.00797. The summed E-state index contributed by atoms with van der Waals surface area (Å²) in [5.74, 6) is 1.91. The Hall–Kier alpha value is -2.26. The Balaban J connectivity index is 1.29. The number of nitrogens with zero attached hydrogens (tertiary/aromatic N) is 5. The number of fused-ring (bicyclic) bond motifs is 2. The first-order valence-electron chi connectivity index (χ1n) is 10.6. The van der Waals surface area contributed by atoms with Crippen LogP contribution in [0.5, 0.6) is 0 Å². The van der Waals surface area contributed by atoms with Crippen LogP contribution in [-0.2, 0) is 5.41 Å². The maximum atomic E-state index is 6.40. The average Bonchev–Trinajstić information content (AvgIpc) is 3.06. The highest BCUT2D eigenvalue weighted by Gasteiger charge is 2.67. The van der Waals surface area contributed by atoms with Crippen LogP contribution in [0.1, 0.15) is 17.1 Å². The molecule has 1 saturated carbocycles. The molecule has 3 atom stereocenters. The summed E-state index contributed by atoms with van der Waals surface area (Å²) in [7, 11) is 0. The van der Waals surface area contributed by atoms with Gasteiger partial charge in [-0.2, -0.15) is 5.10 Å². The summed E-state index contributed by atoms with van der Waals surface area (Å²) in [5, 5.41) is 11.7. The Morgan fingerprint density at radius 2 is 2.16 bits per heavy atom. The molecule has 2 fully saturated rings. The van der Waals surface area contributed by atoms with E-state index in [-0.39, 0.29) is 5.41 Å². The molecule has 3 N–H and O–H groups in total. The van der Waals surface area contributed by atoms with Crippen molar-refractivity contribution < 1.29 is 0 Å². The number of aromatic amines is 1. The molecular formula is C22H21Cl2N7S. The summed E-state index contributed by atoms with van der Waals surface area (Å²) < 4.78 is 0. The minimum Gasteiger partial charge on any atom is -0.355 e. The molecule has 10 heteroatoms. The van der Waals surface area contributed by atoms with Gasteiger partial charge in [0.25, 0.3) is 0 Å². The van der Waals surface area contributed by atoms with Crippen LogP contribution in [0.3, 0.4) is 0 Å². The Kier molecular flexibility index (Phi) is 4.69. The molecular weight excluding hydrogens is 465 g/mol. The van der Waals surface area contributed by atoms with E-state index in [1.54, 1.807) is 17.4 Å². The lowest BCUT2D eigenvalue weighted by Gasteiger charge is -2.26. The molecule has 7 nitrogen and oxygen atoms in total. The lowest BCUT2D eigenvalue weighted by molar-refractivity contribution is 0.545. The lowest BCUT2D eigenvalue weighted by atomic mass is 10.0. The normalized spacial score (nSPS) is 24.7. The molecule has 0 amide bonds. The fourth-order valence-electron chi connectivity index (χ4n) is 5.28. The molecule has 4 aromatic rings. The average molecular weight is 486 g/mol. The van der Waals surface area contributed by atoms with Gasteiger partial charge in [-0.25, -0.2) is 15.0 Å². The van der Waals surface area contributed by atoms with Crippen LogP contribution in [0.25, 0.3) is 22.4 Å². The van der Waals surface area contributed by atoms with Crippen LogP contribution in [0.4, 0.5) is 5.82 Å². The van der Waals surface area contributed by atoms with E-state index >= 15 is 0 Å². The first kappa shape index (κ1) is 20.4. The molecule has 1 aliphatic carbocycles. The number of hydrogen-bond acceptors (Lipinski definition) is 7. The zero-order valence-corrected chi connectivity index (χ0v) is 19.7. The second-order valence-corrected chi connectivity index (χ2v) is 10.2. The summed E-state index contributed by atoms with van der Waals surface area (Å²) in [6.07, 6.45) is 2.89. The van der Waals surface area contributed by atoms with Crippen molar-refractivity contribution >= 4 is 51.5 Å². The van der Waals surface area contributed by atoms with Gasteiger partial charge in [-0.15, -0.1) is 11.3 Å². The highest BCUT2D eigenvalue weighted by Crippen LogP contribution is 2.63. The topological polar surface area (TPSA) is 96.6 Å². The van der Waals surface area contributed by atoms with Crippen molar-refractivity contribution in [1.29, 1.82) is 0 Å². The quantitative estimate of drug-likeness (QED) is 0.443. The fourth-order valence-corrected chi connectivity index (χ4v) is 6.82. The van der Waals surface area contributed by atoms with Gasteiger partial charge in [0.05, 0.1) is 21.9 Å². The van der Waals surface area contributed by atoms with Crippen molar-refractivity contribution in [3.05, 3.63) is 50.5 Å². The molecule has 2 aliphatic rings. The largest absolute Gasteiger partial charge is 0.355 e. The van der Waals surface area contributed by atoms with Gasteiger partial charge in [-0.05, 0) is 31.2 Å². The summed E-state index contributed by atoms with van der Waals surface area (Å²) >= 11 is 14.3. The van der Waals surface area contributed by atoms with Crippen molar-refractivity contribution in [2.24, 2.45) is 17.6 Å². The second-order valence-electron chi connectivity index (χ2n) is 8.59. The van der Waals surface area contributed by atoms with Crippen molar-refractivity contribution in [2.75, 3.05) is 24.5 Å². The lowest BCUT2D eigenvalue weighted by Crippen LogP contribution is -2.32. The Bertz CT molecular complexity index is 1340. The summed E-state index contributed by atoms with van der Waals surface area (Å²) in [5.41, 5.74) is 10.1. The van der Waals surface area contributed by atoms with Gasteiger partial charge in [0.15, 0.2) is 0 Å². The predicted molar refractivity (Wildman–Crippen MR) is 129 cm³/mol. The first-order valence-corrected chi connectivity index (χ1v) is 12.2. The molecule has 0 radical (unpaired) electrons. The number of nitrogens with two attached hydrogens (primary N) is 1. The van der Waals surface area contributed by atoms with Crippen LogP contribution in [0.2, 0.25) is 10.0 Å². The monoisotopic (exact) mass is 485 g/mol. The number of halogens is 2. The van der Waals surface area contributed by atoms with E-state index in [1.165, 1.54) is 5.01 Å². The van der Waals surface area contributed by atoms with E-state index in [9.17, 15) is 0 Å². The summed E-state index contributed by atoms with van der Waals surface area (Å²) in [6, 6.07) is 5.50. The molecule has 3 aromatic heterocycles. The predicted octanol–water partition coefficient (Wildman–Crippen LogP) is 4.44. The maximum absolute atomic E-state index is 6.40. The molecule has 32 heavy (non-hydrogen) atoms. The van der Waals surface area contributed by atoms with Crippen molar-refractivity contribution in [3.63, 3.8) is 0 Å². The third-order valence-corrected chi connectivity index (χ3v) is 8.95. The highest BCUT2D eigenvalue weighted by atomic mass is 35.5. The Morgan fingerprint density at radius 3 is 2.94 bits per heavy atom. The molecule has 164 valence electrons. The Labute approximate surface area is 199 Å². The smallest absolute Gasteiger partial charge is 0.202 e. The number of rotatable bonds is 4. The maximum Gasteiger partial charge on any atom is 0.202 e. The van der Waals surface area contributed by atoms with Crippen LogP contribution in [0.15, 0.2) is 29.8 Å². The molecule has 6 rings (SSSR count). The van der Waals surface area contributed by atoms with Gasteiger partial charge in [0.2, 0.25) is 5.65 Å². The summed E-state index contributed by atoms with van der Waals surface area (Å²) in [6.45, 7) is 4.50. The molecule has 0 bridgehead atoms. The molecule has 0 unspecified atom stereocenters. The number of hydrogen-bond donors (Lipinski definition) is 2. The van der Waals surface area contributed by atoms with Crippen LogP contribution < -0.4 is 10.6 Å². The third-order valence-electron chi connectivity index (χ3n) is 6.98. The van der Waals surface area contributed by atoms with Gasteiger partial charge in [0.1, 0.15) is 16.3 Å². The summed E-state index contributed by atoms with van der Waals surface area (Å²) in [4.78, 5) is 16.6. The highest BCUT2D eigenvalue weighted by molar-refractivity contribution is 7.09. The zero-order chi connectivity index (χ0) is 22.0. The number of benzene rings is 1. The standard InChI is InChI=1S/C22H21Cl2N7S/c1-11-9-32-21(27-11)22(10-25)13-5-6-31(8-14(13)22)16-7-26-19-18(29-30-20(19)28-16)12-3-2-4-15(23)17(12)24/h2-4,7,9,13-14H,5-6,8,10,25H2,1H3,(H,28,29,30)/t13-,14+,22-/m1/s1. The van der Waals surface area contributed by atoms with Crippen LogP contribution in [-0.4, -0.2) is 44.8 Å². The van der Waals surface area contributed by atoms with Gasteiger partial charge in [0, 0.05) is 41.7 Å². The van der Waals surface area contributed by atoms with Crippen molar-refractivity contribution in [1.82, 2.24) is 25.1 Å². The van der Waals surface area contributed by atoms with Gasteiger partial charge < -0.3 is 10.6 Å². The van der Waals surface area contributed by atoms with E-state index in [1.807, 2.05) is 25.3 Å². The van der Waals surface area contributed by atoms with Gasteiger partial charge in [-0.1, -0.05) is 35.3 Å². The minimum atomic E-state index is 0.00797. The fraction of sp³-hybridized carbons (Fsp3) is 0.364. The van der Waals surface area contributed by atoms with E-state index in [0.717, 1.165) is 36.6 Å². The number of nitrogens with one attached hydrogen (secondary N) is 1. The number of H-pyrrole nitrogens is 1. The van der Waals surface area contributed by atoms with Crippen molar-refractivity contribution in [3.8, 4) is 11.3 Å². The number of aryl methyl sites for hydroxylation is 1. The molecule has 0 spiro atoms. The van der Waals surface area contributed by atoms with Gasteiger partial charge in [-0.3, -0.25) is 5.10 Å². The zero-order valence-electron chi connectivity index (χ0n) is 17.3. The third kappa shape index (κ3) is 2.90. The number of piperidine rings is 1. The molecule has 1 saturated heterocycles. The van der Waals surface area contributed by atoms with Gasteiger partial charge >= 0.3 is 0 Å². The molecule has 1 aliphatic heterocycles. The number of thiazole rings is 1. The number of aromatic nitrogens is 5. The molecule has 1 aromatic carbocycles. The van der Waals surface area contributed by atoms with E-state index in [2.05, 4.69) is 25.5 Å². The number of anilines is 1. The first-order chi connectivity index (χ1) is 15.5. The second kappa shape index (κ2) is 7.38. The SMILES string of the molecule is Cc1csc([C@]2(CN)[C@@H]3CCN(c4cnc5c(-c6cccc(Cl)c6Cl)[nH]nc5n4)C[C@@H]32)n1. The van der Waals surface area contributed by atoms with E-state index < -0.39 is 0 Å². The van der Waals surface area contributed by atoms with E-state index in [4.69, 9.17) is 38.9 Å². The Morgan fingerprint density at radius 1 is 1.28 bits per heavy atom. The van der Waals surface area contributed by atoms with Crippen molar-refractivity contribution in [2.45, 2.75) is 18.8 Å². The van der Waals surface area contributed by atoms with E-state index in [0.29, 0.717) is 45.3 Å². The molecule has 4 heterocycles.